The van der Waals surface area contributed by atoms with Gasteiger partial charge >= 0.3 is 26.2 Å². The van der Waals surface area contributed by atoms with Gasteiger partial charge in [-0.15, -0.1) is 118 Å². The number of rotatable bonds is 22. The Morgan fingerprint density at radius 1 is 0.236 bits per heavy atom. The van der Waals surface area contributed by atoms with Crippen molar-refractivity contribution in [3.8, 4) is 132 Å². The predicted molar refractivity (Wildman–Crippen MR) is 592 cm³/mol. The van der Waals surface area contributed by atoms with Crippen molar-refractivity contribution in [2.24, 2.45) is 0 Å². The Morgan fingerprint density at radius 3 is 0.629 bits per heavy atom. The Morgan fingerprint density at radius 2 is 0.421 bits per heavy atom. The van der Waals surface area contributed by atoms with Crippen LogP contribution in [0.4, 0.5) is 0 Å². The zero-order valence-electron chi connectivity index (χ0n) is 82.5. The molecule has 140 heavy (non-hydrogen) atoms. The third-order valence-electron chi connectivity index (χ3n) is 22.6. The second-order valence-corrected chi connectivity index (χ2v) is 37.7. The number of hydrogen-bond donors (Lipinski definition) is 4. The van der Waals surface area contributed by atoms with Crippen LogP contribution in [0.5, 0.6) is 46.0 Å². The van der Waals surface area contributed by atoms with Gasteiger partial charge in [0, 0.05) is 106 Å². The number of hydrogen-bond acceptors (Lipinski definition) is 10. The van der Waals surface area contributed by atoms with E-state index in [0.29, 0.717) is 49.4 Å². The number of benzene rings is 14. The number of aromatic hydroxyl groups is 6. The van der Waals surface area contributed by atoms with Gasteiger partial charge in [0.15, 0.2) is 13.2 Å². The topological polar surface area (TPSA) is 125 Å². The van der Waals surface area contributed by atoms with Crippen LogP contribution in [0.15, 0.2) is 349 Å². The van der Waals surface area contributed by atoms with Crippen molar-refractivity contribution in [2.75, 3.05) is 26.4 Å². The van der Waals surface area contributed by atoms with Crippen LogP contribution in [0, 0.1) is 125 Å². The van der Waals surface area contributed by atoms with Crippen molar-refractivity contribution in [1.29, 1.82) is 0 Å². The maximum atomic E-state index is 11.4. The third-order valence-corrected chi connectivity index (χ3v) is 26.7. The maximum Gasteiger partial charge on any atom is 4.00 e. The zero-order valence-corrected chi connectivity index (χ0v) is 90.7. The Hall–Kier alpha value is -12.7. The van der Waals surface area contributed by atoms with Crippen LogP contribution < -0.4 is 9.47 Å². The molecule has 18 rings (SSSR count). The van der Waals surface area contributed by atoms with Crippen LogP contribution in [0.3, 0.4) is 0 Å². The average molecular weight is 2080 g/mol. The molecule has 0 atom stereocenters. The molecular formula is C126H128O8S4Zr2. The first-order valence-corrected chi connectivity index (χ1v) is 49.9. The van der Waals surface area contributed by atoms with Gasteiger partial charge in [-0.3, -0.25) is 0 Å². The molecule has 0 unspecified atom stereocenters. The first-order valence-electron chi connectivity index (χ1n) is 46.4. The first-order chi connectivity index (χ1) is 66.6. The average Bonchev–Trinajstić information content (AvgIpc) is 1.69. The van der Waals surface area contributed by atoms with Crippen LogP contribution in [0.2, 0.25) is 0 Å². The van der Waals surface area contributed by atoms with Crippen molar-refractivity contribution in [2.45, 2.75) is 109 Å². The normalized spacial score (nSPS) is 10.3. The number of thiophene rings is 4. The molecule has 4 aromatic heterocycles. The smallest absolute Gasteiger partial charge is 0.582 e. The van der Waals surface area contributed by atoms with Gasteiger partial charge in [-0.25, -0.2) is 0 Å². The van der Waals surface area contributed by atoms with Crippen LogP contribution >= 0.6 is 45.3 Å². The van der Waals surface area contributed by atoms with E-state index in [0.717, 1.165) is 191 Å². The number of aliphatic hydroxyl groups is 2. The van der Waals surface area contributed by atoms with Gasteiger partial charge < -0.3 is 39.4 Å². The van der Waals surface area contributed by atoms with Crippen LogP contribution in [0.1, 0.15) is 126 Å². The van der Waals surface area contributed by atoms with Crippen molar-refractivity contribution >= 4 is 45.3 Å². The summed E-state index contributed by atoms with van der Waals surface area (Å²) in [6.45, 7) is 50.0. The van der Waals surface area contributed by atoms with Crippen LogP contribution in [-0.2, 0) is 52.4 Å². The van der Waals surface area contributed by atoms with Crippen LogP contribution in [0.25, 0.3) is 86.3 Å². The molecule has 0 aliphatic carbocycles. The summed E-state index contributed by atoms with van der Waals surface area (Å²) >= 11 is 6.21. The third kappa shape index (κ3) is 32.2. The minimum absolute atomic E-state index is 0. The minimum atomic E-state index is 0. The number of unbranched alkanes of at least 4 members (excludes halogenated alkanes) is 2. The van der Waals surface area contributed by atoms with Gasteiger partial charge in [0.1, 0.15) is 34.5 Å². The molecule has 0 bridgehead atoms. The molecule has 0 aliphatic rings. The Labute approximate surface area is 887 Å². The van der Waals surface area contributed by atoms with Gasteiger partial charge in [0.05, 0.1) is 43.8 Å². The fourth-order valence-corrected chi connectivity index (χ4v) is 20.5. The molecule has 712 valence electrons. The fourth-order valence-electron chi connectivity index (χ4n) is 16.5. The molecular weight excluding hydrogens is 1950 g/mol. The Kier molecular flexibility index (Phi) is 44.8. The molecule has 0 amide bonds. The monoisotopic (exact) mass is 2080 g/mol. The molecule has 0 aliphatic heterocycles. The molecule has 0 saturated carbocycles. The number of para-hydroxylation sites is 4. The maximum absolute atomic E-state index is 11.4. The van der Waals surface area contributed by atoms with Gasteiger partial charge in [0.25, 0.3) is 11.5 Å². The van der Waals surface area contributed by atoms with Gasteiger partial charge in [-0.1, -0.05) is 156 Å². The fraction of sp³-hybridized carbons (Fsp3) is 0.159. The van der Waals surface area contributed by atoms with Crippen molar-refractivity contribution in [3.63, 3.8) is 0 Å². The summed E-state index contributed by atoms with van der Waals surface area (Å²) in [5.41, 5.74) is 32.2. The van der Waals surface area contributed by atoms with E-state index < -0.39 is 0 Å². The summed E-state index contributed by atoms with van der Waals surface area (Å²) in [5.74, 6) is 4.54. The summed E-state index contributed by atoms with van der Waals surface area (Å²) in [7, 11) is 0. The van der Waals surface area contributed by atoms with Gasteiger partial charge in [-0.05, 0) is 199 Å². The molecule has 0 saturated heterocycles. The van der Waals surface area contributed by atoms with E-state index in [9.17, 15) is 20.4 Å². The van der Waals surface area contributed by atoms with E-state index in [1.165, 1.54) is 44.5 Å². The molecule has 0 radical (unpaired) electrons. The van der Waals surface area contributed by atoms with Crippen LogP contribution in [-0.4, -0.2) is 56.3 Å². The molecule has 18 aromatic rings. The minimum Gasteiger partial charge on any atom is -0.582 e. The molecule has 0 fully saturated rings. The van der Waals surface area contributed by atoms with Crippen molar-refractivity contribution < 1.29 is 91.8 Å². The van der Waals surface area contributed by atoms with E-state index in [4.69, 9.17) is 18.9 Å². The summed E-state index contributed by atoms with van der Waals surface area (Å²) in [6.07, 6.45) is 3.40. The summed E-state index contributed by atoms with van der Waals surface area (Å²) < 4.78 is 22.4. The summed E-state index contributed by atoms with van der Waals surface area (Å²) in [6, 6.07) is 109. The van der Waals surface area contributed by atoms with Crippen molar-refractivity contribution in [3.05, 3.63) is 491 Å². The zero-order chi connectivity index (χ0) is 98.6. The molecule has 6 N–H and O–H groups in total. The molecule has 14 aromatic carbocycles. The standard InChI is InChI=1S/2C42H42O4S2.6C7H7.2Zr/c2*1-25-19-27(3)37(28(4)20-25)33-23-47-41(39(33)43)31-13-7-9-15-35(31)45-17-11-12-18-46-36-16-10-8-14-32(36)42-40(44)34(24-48-42)38-29(5)21-26(2)22-30(38)6;6*1-7-5-3-2-4-6-7;;/h2*7-10,13-16,19-24,43-44H,11-12,17-18H2,1-6H3;6*2-6H,1H2;;/q;;6*-1;;+4/p+2. The molecule has 14 heteroatoms. The second-order valence-electron chi connectivity index (χ2n) is 34.2. The molecule has 0 spiro atoms. The summed E-state index contributed by atoms with van der Waals surface area (Å²) in [5, 5.41) is 53.7. The Balaban J connectivity index is 0.000000217. The number of ether oxygens (including phenoxy) is 4. The van der Waals surface area contributed by atoms with Gasteiger partial charge in [0.2, 0.25) is 0 Å². The number of aryl methyl sites for hydroxylation is 12. The SMILES string of the molecule is Cc1cc(C)c(-c2csc(-c3ccccc3OCCCCOc3ccccc3-c3scc(-c4c(C)cc(C)cc4C)c3O)c2O)c(C)c1.Cc1cc(C)c(-c2csc(-c3ccccc3[OH+]CCCC[OH+]c3ccccc3-c3scc(-c4c(C)cc(C)cc4C)c3O)c2O)c(C)c1.[CH2-]c1ccccc1.[CH2-]c1ccccc1.[CH2-]c1ccccc1.[CH2-]c1ccccc1.[CH2-]c1ccccc1.[CH2-]c1ccccc1.[Zr+4].[Zr]. The quantitative estimate of drug-likeness (QED) is 0.0304. The van der Waals surface area contributed by atoms with E-state index >= 15 is 0 Å². The molecule has 8 nitrogen and oxygen atoms in total. The van der Waals surface area contributed by atoms with E-state index in [1.54, 1.807) is 45.3 Å². The molecule has 4 heterocycles. The first kappa shape index (κ1) is 111. The van der Waals surface area contributed by atoms with Gasteiger partial charge in [-0.2, -0.15) is 148 Å². The van der Waals surface area contributed by atoms with Crippen molar-refractivity contribution in [1.82, 2.24) is 0 Å². The second kappa shape index (κ2) is 56.5. The van der Waals surface area contributed by atoms with E-state index in [-0.39, 0.29) is 52.4 Å². The Bertz CT molecular complexity index is 5860. The van der Waals surface area contributed by atoms with E-state index in [1.807, 2.05) is 290 Å². The predicted octanol–water partition coefficient (Wildman–Crippen LogP) is 34.9. The largest absolute Gasteiger partial charge is 4.00 e. The summed E-state index contributed by atoms with van der Waals surface area (Å²) in [4.78, 5) is 3.33. The van der Waals surface area contributed by atoms with E-state index in [2.05, 4.69) is 184 Å².